The number of amides is 1. The van der Waals surface area contributed by atoms with Gasteiger partial charge in [-0.25, -0.2) is 4.39 Å². The van der Waals surface area contributed by atoms with E-state index in [0.29, 0.717) is 51.5 Å². The molecule has 3 heterocycles. The molecule has 1 amide bonds. The zero-order chi connectivity index (χ0) is 24.4. The smallest absolute Gasteiger partial charge is 0.269 e. The molecule has 35 heavy (non-hydrogen) atoms. The second kappa shape index (κ2) is 10.2. The van der Waals surface area contributed by atoms with Gasteiger partial charge in [0.05, 0.1) is 35.8 Å². The number of hydrogen-bond donors (Lipinski definition) is 1. The number of nitrogens with zero attached hydrogens (tertiary/aromatic N) is 4. The molecule has 1 N–H and O–H groups in total. The second-order valence-corrected chi connectivity index (χ2v) is 9.28. The quantitative estimate of drug-likeness (QED) is 0.497. The van der Waals surface area contributed by atoms with Crippen LogP contribution in [0.2, 0.25) is 0 Å². The summed E-state index contributed by atoms with van der Waals surface area (Å²) in [6.07, 6.45) is 0.409. The lowest BCUT2D eigenvalue weighted by Crippen LogP contribution is -2.61. The molecule has 3 aliphatic heterocycles. The highest BCUT2D eigenvalue weighted by molar-refractivity contribution is 5.82. The lowest BCUT2D eigenvalue weighted by molar-refractivity contribution is -0.384. The molecular formula is C25H30FN5O4. The van der Waals surface area contributed by atoms with Crippen LogP contribution in [0.5, 0.6) is 0 Å². The first-order valence-corrected chi connectivity index (χ1v) is 12.1. The molecule has 0 aliphatic carbocycles. The van der Waals surface area contributed by atoms with Crippen molar-refractivity contribution < 1.29 is 18.8 Å². The van der Waals surface area contributed by atoms with Gasteiger partial charge in [0.2, 0.25) is 5.91 Å². The first kappa shape index (κ1) is 23.5. The van der Waals surface area contributed by atoms with E-state index in [-0.39, 0.29) is 23.5 Å². The minimum atomic E-state index is -0.403. The van der Waals surface area contributed by atoms with Gasteiger partial charge in [-0.2, -0.15) is 0 Å². The number of benzene rings is 2. The SMILES string of the molecule is O=C(NCCN1CCOCC1)C1Cc2cc([N+](=O)[O-])ccc2N2CCN(c3ccccc3F)CC12. The van der Waals surface area contributed by atoms with Crippen LogP contribution < -0.4 is 15.1 Å². The van der Waals surface area contributed by atoms with E-state index < -0.39 is 10.8 Å². The lowest BCUT2D eigenvalue weighted by Gasteiger charge is -2.49. The molecule has 2 fully saturated rings. The van der Waals surface area contributed by atoms with Crippen LogP contribution in [-0.4, -0.2) is 80.8 Å². The number of morpholine rings is 1. The maximum atomic E-state index is 14.5. The second-order valence-electron chi connectivity index (χ2n) is 9.28. The molecule has 2 aromatic rings. The molecule has 9 nitrogen and oxygen atoms in total. The van der Waals surface area contributed by atoms with Crippen molar-refractivity contribution >= 4 is 23.0 Å². The third-order valence-corrected chi connectivity index (χ3v) is 7.27. The Morgan fingerprint density at radius 1 is 1.11 bits per heavy atom. The minimum absolute atomic E-state index is 0.0265. The van der Waals surface area contributed by atoms with Crippen LogP contribution in [0.15, 0.2) is 42.5 Å². The van der Waals surface area contributed by atoms with Crippen molar-refractivity contribution in [1.29, 1.82) is 0 Å². The van der Waals surface area contributed by atoms with Gasteiger partial charge in [-0.15, -0.1) is 0 Å². The third-order valence-electron chi connectivity index (χ3n) is 7.27. The fraction of sp³-hybridized carbons (Fsp3) is 0.480. The number of ether oxygens (including phenoxy) is 1. The van der Waals surface area contributed by atoms with E-state index >= 15 is 0 Å². The van der Waals surface area contributed by atoms with Gasteiger partial charge in [0.1, 0.15) is 5.82 Å². The zero-order valence-electron chi connectivity index (χ0n) is 19.6. The summed E-state index contributed by atoms with van der Waals surface area (Å²) >= 11 is 0. The number of piperazine rings is 1. The lowest BCUT2D eigenvalue weighted by atomic mass is 9.83. The number of halogens is 1. The Labute approximate surface area is 203 Å². The standard InChI is InChI=1S/C25H30FN5O4/c26-21-3-1-2-4-23(21)29-9-10-30-22-6-5-19(31(33)34)15-18(22)16-20(24(30)17-29)25(32)27-7-8-28-11-13-35-14-12-28/h1-6,15,20,24H,7-14,16-17H2,(H,27,32). The average molecular weight is 484 g/mol. The van der Waals surface area contributed by atoms with E-state index in [1.165, 1.54) is 12.1 Å². The number of non-ortho nitro benzene ring substituents is 1. The molecule has 2 saturated heterocycles. The monoisotopic (exact) mass is 483 g/mol. The van der Waals surface area contributed by atoms with Crippen molar-refractivity contribution in [1.82, 2.24) is 10.2 Å². The Morgan fingerprint density at radius 3 is 2.69 bits per heavy atom. The van der Waals surface area contributed by atoms with Crippen molar-refractivity contribution in [2.75, 3.05) is 68.8 Å². The van der Waals surface area contributed by atoms with Gasteiger partial charge in [-0.3, -0.25) is 19.8 Å². The van der Waals surface area contributed by atoms with Crippen LogP contribution in [0.3, 0.4) is 0 Å². The van der Waals surface area contributed by atoms with Gasteiger partial charge >= 0.3 is 0 Å². The van der Waals surface area contributed by atoms with Crippen LogP contribution in [0.25, 0.3) is 0 Å². The topological polar surface area (TPSA) is 91.2 Å². The molecule has 2 unspecified atom stereocenters. The predicted octanol–water partition coefficient (Wildman–Crippen LogP) is 2.05. The normalized spacial score (nSPS) is 22.3. The predicted molar refractivity (Wildman–Crippen MR) is 130 cm³/mol. The van der Waals surface area contributed by atoms with Crippen molar-refractivity contribution in [3.63, 3.8) is 0 Å². The highest BCUT2D eigenvalue weighted by atomic mass is 19.1. The number of fused-ring (bicyclic) bond motifs is 3. The van der Waals surface area contributed by atoms with Crippen molar-refractivity contribution in [3.05, 3.63) is 64.0 Å². The number of carbonyl (C=O) groups excluding carboxylic acids is 1. The maximum Gasteiger partial charge on any atom is 0.269 e. The zero-order valence-corrected chi connectivity index (χ0v) is 19.6. The Kier molecular flexibility index (Phi) is 6.83. The molecular weight excluding hydrogens is 453 g/mol. The Hall–Kier alpha value is -3.24. The average Bonchev–Trinajstić information content (AvgIpc) is 2.88. The fourth-order valence-electron chi connectivity index (χ4n) is 5.44. The number of carbonyl (C=O) groups is 1. The summed E-state index contributed by atoms with van der Waals surface area (Å²) in [5.41, 5.74) is 2.29. The summed E-state index contributed by atoms with van der Waals surface area (Å²) in [6, 6.07) is 11.4. The summed E-state index contributed by atoms with van der Waals surface area (Å²) in [7, 11) is 0. The molecule has 0 radical (unpaired) electrons. The van der Waals surface area contributed by atoms with E-state index in [0.717, 1.165) is 30.9 Å². The van der Waals surface area contributed by atoms with E-state index in [1.54, 1.807) is 24.3 Å². The molecule has 0 spiro atoms. The molecule has 2 aromatic carbocycles. The highest BCUT2D eigenvalue weighted by Crippen LogP contribution is 2.38. The van der Waals surface area contributed by atoms with Crippen molar-refractivity contribution in [2.45, 2.75) is 12.5 Å². The minimum Gasteiger partial charge on any atom is -0.379 e. The summed E-state index contributed by atoms with van der Waals surface area (Å²) in [5, 5.41) is 14.5. The van der Waals surface area contributed by atoms with Crippen LogP contribution >= 0.6 is 0 Å². The molecule has 186 valence electrons. The molecule has 5 rings (SSSR count). The Balaban J connectivity index is 1.37. The summed E-state index contributed by atoms with van der Waals surface area (Å²) < 4.78 is 19.9. The number of anilines is 2. The van der Waals surface area contributed by atoms with Gasteiger partial charge < -0.3 is 19.9 Å². The molecule has 2 atom stereocenters. The number of para-hydroxylation sites is 1. The van der Waals surface area contributed by atoms with Crippen molar-refractivity contribution in [2.24, 2.45) is 5.92 Å². The van der Waals surface area contributed by atoms with Gasteiger partial charge in [0.15, 0.2) is 0 Å². The number of rotatable bonds is 6. The van der Waals surface area contributed by atoms with Gasteiger partial charge in [0, 0.05) is 63.6 Å². The van der Waals surface area contributed by atoms with E-state index in [9.17, 15) is 19.3 Å². The molecule has 3 aliphatic rings. The van der Waals surface area contributed by atoms with Gasteiger partial charge in [-0.1, -0.05) is 12.1 Å². The molecule has 10 heteroatoms. The molecule has 0 saturated carbocycles. The maximum absolute atomic E-state index is 14.5. The van der Waals surface area contributed by atoms with Crippen molar-refractivity contribution in [3.8, 4) is 0 Å². The number of nitro groups is 1. The van der Waals surface area contributed by atoms with Crippen LogP contribution in [0.4, 0.5) is 21.5 Å². The third kappa shape index (κ3) is 4.94. The van der Waals surface area contributed by atoms with Crippen LogP contribution in [0, 0.1) is 21.8 Å². The number of nitrogens with one attached hydrogen (secondary N) is 1. The Morgan fingerprint density at radius 2 is 1.91 bits per heavy atom. The van der Waals surface area contributed by atoms with Crippen LogP contribution in [0.1, 0.15) is 5.56 Å². The Bertz CT molecular complexity index is 1090. The number of nitro benzene ring substituents is 1. The summed E-state index contributed by atoms with van der Waals surface area (Å²) in [5.74, 6) is -0.746. The van der Waals surface area contributed by atoms with Gasteiger partial charge in [-0.05, 0) is 30.2 Å². The largest absolute Gasteiger partial charge is 0.379 e. The van der Waals surface area contributed by atoms with E-state index in [4.69, 9.17) is 4.74 Å². The summed E-state index contributed by atoms with van der Waals surface area (Å²) in [6.45, 7) is 6.08. The fourth-order valence-corrected chi connectivity index (χ4v) is 5.44. The number of hydrogen-bond acceptors (Lipinski definition) is 7. The highest BCUT2D eigenvalue weighted by Gasteiger charge is 2.42. The first-order valence-electron chi connectivity index (χ1n) is 12.1. The first-order chi connectivity index (χ1) is 17.0. The van der Waals surface area contributed by atoms with Gasteiger partial charge in [0.25, 0.3) is 5.69 Å². The van der Waals surface area contributed by atoms with Crippen LogP contribution in [-0.2, 0) is 16.0 Å². The molecule has 0 aromatic heterocycles. The van der Waals surface area contributed by atoms with E-state index in [2.05, 4.69) is 15.1 Å². The van der Waals surface area contributed by atoms with E-state index in [1.807, 2.05) is 11.0 Å². The summed E-state index contributed by atoms with van der Waals surface area (Å²) in [4.78, 5) is 30.8. The molecule has 0 bridgehead atoms.